The van der Waals surface area contributed by atoms with E-state index in [-0.39, 0.29) is 17.7 Å². The van der Waals surface area contributed by atoms with Crippen molar-refractivity contribution in [2.75, 3.05) is 32.0 Å². The molecule has 0 aromatic carbocycles. The van der Waals surface area contributed by atoms with E-state index in [4.69, 9.17) is 0 Å². The summed E-state index contributed by atoms with van der Waals surface area (Å²) in [5.74, 6) is 1.77. The first-order valence-corrected chi connectivity index (χ1v) is 10.5. The number of rotatable bonds is 3. The Bertz CT molecular complexity index is 845. The van der Waals surface area contributed by atoms with Gasteiger partial charge < -0.3 is 15.1 Å². The normalized spacial score (nSPS) is 28.0. The molecule has 1 saturated carbocycles. The zero-order valence-corrected chi connectivity index (χ0v) is 16.4. The van der Waals surface area contributed by atoms with Crippen molar-refractivity contribution < 1.29 is 9.59 Å². The Morgan fingerprint density at radius 1 is 1.07 bits per heavy atom. The molecule has 7 heteroatoms. The monoisotopic (exact) mass is 381 g/mol. The smallest absolute Gasteiger partial charge is 0.273 e. The van der Waals surface area contributed by atoms with Gasteiger partial charge in [-0.3, -0.25) is 9.59 Å². The van der Waals surface area contributed by atoms with Crippen LogP contribution in [0.1, 0.15) is 47.4 Å². The SMILES string of the molecule is CNc1nc2c(c(C(=O)N3CCCC3)n1)CN(C(=O)[C@@H]1C[C@@H]3C=C[C@H]1C3)CC2. The number of carbonyl (C=O) groups excluding carboxylic acids is 2. The first-order valence-electron chi connectivity index (χ1n) is 10.5. The first kappa shape index (κ1) is 17.6. The van der Waals surface area contributed by atoms with Crippen molar-refractivity contribution in [1.82, 2.24) is 19.8 Å². The van der Waals surface area contributed by atoms with Crippen LogP contribution in [0.3, 0.4) is 0 Å². The summed E-state index contributed by atoms with van der Waals surface area (Å²) in [6, 6.07) is 0. The Kier molecular flexibility index (Phi) is 4.33. The first-order chi connectivity index (χ1) is 13.6. The summed E-state index contributed by atoms with van der Waals surface area (Å²) in [5, 5.41) is 2.98. The molecular formula is C21H27N5O2. The minimum absolute atomic E-state index is 0.0233. The molecule has 2 aliphatic carbocycles. The molecule has 0 spiro atoms. The average Bonchev–Trinajstić information content (AvgIpc) is 3.49. The van der Waals surface area contributed by atoms with Crippen LogP contribution in [-0.2, 0) is 17.8 Å². The summed E-state index contributed by atoms with van der Waals surface area (Å²) >= 11 is 0. The van der Waals surface area contributed by atoms with Crippen LogP contribution in [0.25, 0.3) is 0 Å². The third-order valence-corrected chi connectivity index (χ3v) is 6.79. The number of carbonyl (C=O) groups is 2. The third kappa shape index (κ3) is 2.88. The number of nitrogens with one attached hydrogen (secondary N) is 1. The number of amides is 2. The quantitative estimate of drug-likeness (QED) is 0.809. The lowest BCUT2D eigenvalue weighted by Crippen LogP contribution is -2.42. The highest BCUT2D eigenvalue weighted by atomic mass is 16.2. The molecular weight excluding hydrogens is 354 g/mol. The Morgan fingerprint density at radius 3 is 2.57 bits per heavy atom. The molecule has 5 rings (SSSR count). The minimum atomic E-state index is -0.0233. The molecule has 3 atom stereocenters. The van der Waals surface area contributed by atoms with E-state index in [2.05, 4.69) is 27.4 Å². The maximum atomic E-state index is 13.2. The zero-order valence-electron chi connectivity index (χ0n) is 16.4. The minimum Gasteiger partial charge on any atom is -0.357 e. The molecule has 1 N–H and O–H groups in total. The largest absolute Gasteiger partial charge is 0.357 e. The number of hydrogen-bond donors (Lipinski definition) is 1. The van der Waals surface area contributed by atoms with E-state index in [1.807, 2.05) is 9.80 Å². The van der Waals surface area contributed by atoms with Crippen LogP contribution in [-0.4, -0.2) is 58.3 Å². The van der Waals surface area contributed by atoms with Crippen molar-refractivity contribution in [3.05, 3.63) is 29.1 Å². The lowest BCUT2D eigenvalue weighted by molar-refractivity contribution is -0.137. The maximum Gasteiger partial charge on any atom is 0.273 e. The van der Waals surface area contributed by atoms with E-state index in [0.717, 1.165) is 50.0 Å². The summed E-state index contributed by atoms with van der Waals surface area (Å²) < 4.78 is 0. The van der Waals surface area contributed by atoms with Gasteiger partial charge in [-0.15, -0.1) is 0 Å². The van der Waals surface area contributed by atoms with Gasteiger partial charge in [-0.05, 0) is 37.5 Å². The number of likely N-dealkylation sites (tertiary alicyclic amines) is 1. The van der Waals surface area contributed by atoms with Gasteiger partial charge in [0.15, 0.2) is 0 Å². The molecule has 2 aliphatic heterocycles. The number of allylic oxidation sites excluding steroid dienone is 2. The van der Waals surface area contributed by atoms with E-state index in [0.29, 0.717) is 43.0 Å². The molecule has 1 saturated heterocycles. The summed E-state index contributed by atoms with van der Waals surface area (Å²) in [5.41, 5.74) is 2.22. The zero-order chi connectivity index (χ0) is 19.3. The van der Waals surface area contributed by atoms with Crippen LogP contribution in [0.2, 0.25) is 0 Å². The summed E-state index contributed by atoms with van der Waals surface area (Å²) in [6.07, 6.45) is 9.33. The van der Waals surface area contributed by atoms with Crippen molar-refractivity contribution in [1.29, 1.82) is 0 Å². The second-order valence-corrected chi connectivity index (χ2v) is 8.47. The van der Waals surface area contributed by atoms with Crippen LogP contribution in [0.15, 0.2) is 12.2 Å². The van der Waals surface area contributed by atoms with E-state index < -0.39 is 0 Å². The standard InChI is InChI=1S/C21H27N5O2/c1-22-21-23-17-6-9-26(19(27)15-11-13-4-5-14(15)10-13)12-16(17)18(24-21)20(28)25-7-2-3-8-25/h4-5,13-15H,2-3,6-12H2,1H3,(H,22,23,24)/t13-,14+,15-/m1/s1. The van der Waals surface area contributed by atoms with Gasteiger partial charge in [0, 0.05) is 51.1 Å². The van der Waals surface area contributed by atoms with Crippen molar-refractivity contribution in [3.63, 3.8) is 0 Å². The van der Waals surface area contributed by atoms with Gasteiger partial charge in [-0.2, -0.15) is 0 Å². The molecule has 3 heterocycles. The van der Waals surface area contributed by atoms with E-state index in [1.54, 1.807) is 7.05 Å². The highest BCUT2D eigenvalue weighted by molar-refractivity contribution is 5.94. The van der Waals surface area contributed by atoms with E-state index >= 15 is 0 Å². The van der Waals surface area contributed by atoms with Crippen LogP contribution in [0.5, 0.6) is 0 Å². The summed E-state index contributed by atoms with van der Waals surface area (Å²) in [4.78, 5) is 39.2. The van der Waals surface area contributed by atoms with Crippen molar-refractivity contribution in [2.45, 2.75) is 38.6 Å². The molecule has 28 heavy (non-hydrogen) atoms. The average molecular weight is 381 g/mol. The van der Waals surface area contributed by atoms with Crippen molar-refractivity contribution >= 4 is 17.8 Å². The van der Waals surface area contributed by atoms with Gasteiger partial charge in [0.1, 0.15) is 5.69 Å². The van der Waals surface area contributed by atoms with Crippen molar-refractivity contribution in [3.8, 4) is 0 Å². The lowest BCUT2D eigenvalue weighted by Gasteiger charge is -2.33. The Morgan fingerprint density at radius 2 is 1.89 bits per heavy atom. The summed E-state index contributed by atoms with van der Waals surface area (Å²) in [6.45, 7) is 2.69. The molecule has 1 aromatic rings. The summed E-state index contributed by atoms with van der Waals surface area (Å²) in [7, 11) is 1.77. The van der Waals surface area contributed by atoms with Crippen LogP contribution >= 0.6 is 0 Å². The van der Waals surface area contributed by atoms with Gasteiger partial charge in [-0.1, -0.05) is 12.2 Å². The van der Waals surface area contributed by atoms with Crippen LogP contribution < -0.4 is 5.32 Å². The number of fused-ring (bicyclic) bond motifs is 3. The number of aromatic nitrogens is 2. The van der Waals surface area contributed by atoms with E-state index in [1.165, 1.54) is 0 Å². The molecule has 0 unspecified atom stereocenters. The van der Waals surface area contributed by atoms with E-state index in [9.17, 15) is 9.59 Å². The predicted molar refractivity (Wildman–Crippen MR) is 105 cm³/mol. The molecule has 7 nitrogen and oxygen atoms in total. The Hall–Kier alpha value is -2.44. The van der Waals surface area contributed by atoms with Gasteiger partial charge in [0.25, 0.3) is 5.91 Å². The Balaban J connectivity index is 1.43. The highest BCUT2D eigenvalue weighted by Crippen LogP contribution is 2.44. The predicted octanol–water partition coefficient (Wildman–Crippen LogP) is 1.85. The molecule has 2 fully saturated rings. The fourth-order valence-electron chi connectivity index (χ4n) is 5.26. The molecule has 1 aromatic heterocycles. The highest BCUT2D eigenvalue weighted by Gasteiger charge is 2.42. The van der Waals surface area contributed by atoms with Gasteiger partial charge in [-0.25, -0.2) is 9.97 Å². The van der Waals surface area contributed by atoms with Gasteiger partial charge in [0.2, 0.25) is 11.9 Å². The topological polar surface area (TPSA) is 78.4 Å². The van der Waals surface area contributed by atoms with Crippen molar-refractivity contribution in [2.24, 2.45) is 17.8 Å². The second kappa shape index (κ2) is 6.87. The molecule has 148 valence electrons. The fraction of sp³-hybridized carbons (Fsp3) is 0.619. The number of nitrogens with zero attached hydrogens (tertiary/aromatic N) is 4. The Labute approximate surface area is 165 Å². The molecule has 2 bridgehead atoms. The maximum absolute atomic E-state index is 13.2. The number of anilines is 1. The molecule has 4 aliphatic rings. The third-order valence-electron chi connectivity index (χ3n) is 6.79. The van der Waals surface area contributed by atoms with Gasteiger partial charge in [0.05, 0.1) is 5.69 Å². The lowest BCUT2D eigenvalue weighted by atomic mass is 9.91. The fourth-order valence-corrected chi connectivity index (χ4v) is 5.26. The molecule has 0 radical (unpaired) electrons. The van der Waals surface area contributed by atoms with Gasteiger partial charge >= 0.3 is 0 Å². The molecule has 2 amide bonds. The van der Waals surface area contributed by atoms with Crippen LogP contribution in [0.4, 0.5) is 5.95 Å². The van der Waals surface area contributed by atoms with Crippen LogP contribution in [0, 0.1) is 17.8 Å². The number of hydrogen-bond acceptors (Lipinski definition) is 5. The second-order valence-electron chi connectivity index (χ2n) is 8.47.